The van der Waals surface area contributed by atoms with Crippen molar-refractivity contribution in [3.8, 4) is 0 Å². The predicted octanol–water partition coefficient (Wildman–Crippen LogP) is -5.98. The maximum atomic E-state index is 13.7. The number of carboxylic acid groups (broad SMARTS) is 2. The first-order valence-corrected chi connectivity index (χ1v) is 17.8. The molecule has 1 fully saturated rings. The van der Waals surface area contributed by atoms with E-state index >= 15 is 0 Å². The zero-order valence-electron chi connectivity index (χ0n) is 31.1. The second kappa shape index (κ2) is 20.1. The molecule has 15 N–H and O–H groups in total. The molecule has 2 aliphatic rings. The van der Waals surface area contributed by atoms with Crippen LogP contribution < -0.4 is 48.9 Å². The van der Waals surface area contributed by atoms with Gasteiger partial charge in [-0.2, -0.15) is 0 Å². The number of H-pyrrole nitrogens is 1. The van der Waals surface area contributed by atoms with Gasteiger partial charge in [-0.3, -0.25) is 33.7 Å². The molecule has 0 spiro atoms. The van der Waals surface area contributed by atoms with E-state index in [1.807, 2.05) is 4.98 Å². The van der Waals surface area contributed by atoms with Gasteiger partial charge in [-0.25, -0.2) is 14.4 Å². The molecular formula is C32H52N10O14. The summed E-state index contributed by atoms with van der Waals surface area (Å²) in [6, 6.07) is -6.95. The first-order chi connectivity index (χ1) is 26.2. The summed E-state index contributed by atoms with van der Waals surface area (Å²) < 4.78 is 6.23. The van der Waals surface area contributed by atoms with Crippen molar-refractivity contribution in [3.63, 3.8) is 0 Å². The molecule has 24 heteroatoms. The number of aromatic amines is 1. The van der Waals surface area contributed by atoms with Crippen molar-refractivity contribution in [2.24, 2.45) is 22.6 Å². The van der Waals surface area contributed by atoms with Crippen LogP contribution in [0.2, 0.25) is 0 Å². The predicted molar refractivity (Wildman–Crippen MR) is 193 cm³/mol. The summed E-state index contributed by atoms with van der Waals surface area (Å²) in [6.07, 6.45) is -9.09. The number of aliphatic hydroxyl groups is 4. The van der Waals surface area contributed by atoms with Crippen LogP contribution in [0.3, 0.4) is 0 Å². The molecule has 1 saturated heterocycles. The molecule has 24 nitrogen and oxygen atoms in total. The Morgan fingerprint density at radius 1 is 0.929 bits per heavy atom. The number of aliphatic carboxylic acids is 2. The highest BCUT2D eigenvalue weighted by molar-refractivity contribution is 5.94. The number of hydrogen-bond donors (Lipinski definition) is 14. The summed E-state index contributed by atoms with van der Waals surface area (Å²) in [4.78, 5) is 93.2. The number of ether oxygens (including phenoxy) is 1. The van der Waals surface area contributed by atoms with Gasteiger partial charge in [0, 0.05) is 25.4 Å². The molecule has 3 heterocycles. The van der Waals surface area contributed by atoms with E-state index in [4.69, 9.17) is 10.5 Å². The number of guanidine groups is 1. The minimum Gasteiger partial charge on any atom is -0.480 e. The van der Waals surface area contributed by atoms with Gasteiger partial charge in [0.05, 0.1) is 12.1 Å². The number of urea groups is 1. The number of aliphatic hydroxyl groups excluding tert-OH is 4. The summed E-state index contributed by atoms with van der Waals surface area (Å²) in [5.74, 6) is -5.73. The van der Waals surface area contributed by atoms with Gasteiger partial charge >= 0.3 is 23.7 Å². The summed E-state index contributed by atoms with van der Waals surface area (Å²) in [5.41, 5.74) is 4.07. The Balaban J connectivity index is 1.65. The highest BCUT2D eigenvalue weighted by Gasteiger charge is 2.50. The first-order valence-electron chi connectivity index (χ1n) is 17.8. The molecule has 4 amide bonds. The molecule has 1 aromatic rings. The number of hydrogen-bond acceptors (Lipinski definition) is 16. The second-order valence-corrected chi connectivity index (χ2v) is 14.1. The van der Waals surface area contributed by atoms with E-state index in [0.29, 0.717) is 0 Å². The Hall–Kier alpha value is -5.14. The quantitative estimate of drug-likeness (QED) is 0.0579. The minimum absolute atomic E-state index is 0.0222. The monoisotopic (exact) mass is 800 g/mol. The molecule has 314 valence electrons. The van der Waals surface area contributed by atoms with Gasteiger partial charge in [-0.1, -0.05) is 27.7 Å². The van der Waals surface area contributed by atoms with Crippen molar-refractivity contribution in [2.45, 2.75) is 107 Å². The van der Waals surface area contributed by atoms with Crippen LogP contribution in [0.25, 0.3) is 0 Å². The minimum atomic E-state index is -1.97. The summed E-state index contributed by atoms with van der Waals surface area (Å²) in [7, 11) is 0. The third-order valence-electron chi connectivity index (χ3n) is 9.21. The van der Waals surface area contributed by atoms with Crippen LogP contribution in [-0.4, -0.2) is 156 Å². The average Bonchev–Trinajstić information content (AvgIpc) is 3.41. The maximum absolute atomic E-state index is 13.7. The van der Waals surface area contributed by atoms with Crippen LogP contribution in [0.5, 0.6) is 0 Å². The third kappa shape index (κ3) is 11.7. The van der Waals surface area contributed by atoms with E-state index in [1.54, 1.807) is 27.7 Å². The maximum Gasteiger partial charge on any atom is 0.330 e. The Bertz CT molecular complexity index is 1700. The first kappa shape index (κ1) is 45.3. The number of carbonyl (C=O) groups is 5. The van der Waals surface area contributed by atoms with Gasteiger partial charge in [0.15, 0.2) is 12.2 Å². The van der Waals surface area contributed by atoms with Crippen molar-refractivity contribution in [1.82, 2.24) is 41.5 Å². The molecule has 0 aliphatic carbocycles. The Morgan fingerprint density at radius 3 is 2.16 bits per heavy atom. The number of aliphatic imine (C=N–C) groups is 1. The number of nitrogens with one attached hydrogen (secondary N) is 7. The number of aromatic nitrogens is 2. The van der Waals surface area contributed by atoms with Gasteiger partial charge < -0.3 is 73.0 Å². The lowest BCUT2D eigenvalue weighted by Crippen LogP contribution is -2.66. The van der Waals surface area contributed by atoms with Gasteiger partial charge in [0.25, 0.3) is 5.56 Å². The SMILES string of the molecule is CC(C)C(NC(=O)NC(C(=O)NC(C(=O)NCCCNC(C(=O)O)C(O)C1O[C@@H](n2ccc(=O)[nH]c2=O)C(O)C1O)C(O)C(C)C)C1CCN=C(N)N1)C(=O)O. The number of rotatable bonds is 19. The topological polar surface area (TPSA) is 381 Å². The summed E-state index contributed by atoms with van der Waals surface area (Å²) in [6.45, 7) is 6.21. The van der Waals surface area contributed by atoms with Gasteiger partial charge in [-0.15, -0.1) is 0 Å². The smallest absolute Gasteiger partial charge is 0.330 e. The zero-order valence-corrected chi connectivity index (χ0v) is 31.1. The lowest BCUT2D eigenvalue weighted by molar-refractivity contribution is -0.149. The fraction of sp³-hybridized carbons (Fsp3) is 0.688. The standard InChI is InChI=1S/C32H52N10O14/c1-12(2)16(28(50)51)40-31(54)41-17(14-6-10-36-30(33)37-14)26(49)39-18(20(44)13(3)4)25(48)35-9-5-8-34-19(29(52)53)21(45)24-22(46)23(47)27(56-24)42-11-7-15(43)38-32(42)55/h7,11-14,16-24,27,34,44-47H,5-6,8-10H2,1-4H3,(H,35,48)(H,39,49)(H,50,51)(H,52,53)(H3,33,36,37)(H,38,43,55)(H2,40,41,54)/t14?,16?,17?,18?,19?,20?,21?,22?,23?,24?,27-/m1/s1. The third-order valence-corrected chi connectivity index (χ3v) is 9.21. The van der Waals surface area contributed by atoms with Crippen LogP contribution >= 0.6 is 0 Å². The molecule has 0 aromatic carbocycles. The molecule has 1 aromatic heterocycles. The average molecular weight is 801 g/mol. The van der Waals surface area contributed by atoms with Crippen LogP contribution in [-0.2, 0) is 23.9 Å². The Morgan fingerprint density at radius 2 is 1.59 bits per heavy atom. The Kier molecular flexibility index (Phi) is 16.3. The van der Waals surface area contributed by atoms with Crippen LogP contribution in [0, 0.1) is 11.8 Å². The van der Waals surface area contributed by atoms with E-state index in [-0.39, 0.29) is 38.4 Å². The molecule has 0 saturated carbocycles. The van der Waals surface area contributed by atoms with Crippen molar-refractivity contribution < 1.29 is 59.3 Å². The molecule has 2 aliphatic heterocycles. The highest BCUT2D eigenvalue weighted by Crippen LogP contribution is 2.31. The lowest BCUT2D eigenvalue weighted by atomic mass is 9.97. The second-order valence-electron chi connectivity index (χ2n) is 14.1. The van der Waals surface area contributed by atoms with E-state index in [9.17, 15) is 64.2 Å². The fourth-order valence-corrected chi connectivity index (χ4v) is 6.04. The van der Waals surface area contributed by atoms with Crippen molar-refractivity contribution in [1.29, 1.82) is 0 Å². The van der Waals surface area contributed by atoms with Crippen molar-refractivity contribution in [3.05, 3.63) is 33.1 Å². The van der Waals surface area contributed by atoms with Gasteiger partial charge in [0.2, 0.25) is 11.8 Å². The number of carbonyl (C=O) groups excluding carboxylic acids is 3. The van der Waals surface area contributed by atoms with E-state index in [1.165, 1.54) is 0 Å². The van der Waals surface area contributed by atoms with Crippen molar-refractivity contribution in [2.75, 3.05) is 19.6 Å². The highest BCUT2D eigenvalue weighted by atomic mass is 16.6. The van der Waals surface area contributed by atoms with Crippen LogP contribution in [0.15, 0.2) is 26.8 Å². The summed E-state index contributed by atoms with van der Waals surface area (Å²) >= 11 is 0. The van der Waals surface area contributed by atoms with Gasteiger partial charge in [0.1, 0.15) is 48.6 Å². The lowest BCUT2D eigenvalue weighted by Gasteiger charge is -2.33. The van der Waals surface area contributed by atoms with E-state index < -0.39 is 120 Å². The molecule has 56 heavy (non-hydrogen) atoms. The molecule has 0 radical (unpaired) electrons. The Labute approximate surface area is 319 Å². The van der Waals surface area contributed by atoms with E-state index in [2.05, 4.69) is 36.9 Å². The number of carboxylic acids is 2. The van der Waals surface area contributed by atoms with Crippen molar-refractivity contribution >= 4 is 35.7 Å². The fourth-order valence-electron chi connectivity index (χ4n) is 6.04. The molecular weight excluding hydrogens is 748 g/mol. The molecule has 3 rings (SSSR count). The normalized spacial score (nSPS) is 24.1. The molecule has 11 atom stereocenters. The number of nitrogens with zero attached hydrogens (tertiary/aromatic N) is 2. The number of nitrogens with two attached hydrogens (primary N) is 1. The van der Waals surface area contributed by atoms with E-state index in [0.717, 1.165) is 16.8 Å². The summed E-state index contributed by atoms with van der Waals surface area (Å²) in [5, 5.41) is 77.2. The molecule has 0 bridgehead atoms. The molecule has 10 unspecified atom stereocenters. The number of amides is 4. The van der Waals surface area contributed by atoms with Gasteiger partial charge in [-0.05, 0) is 31.2 Å². The van der Waals surface area contributed by atoms with Crippen LogP contribution in [0.4, 0.5) is 4.79 Å². The zero-order chi connectivity index (χ0) is 42.0. The largest absolute Gasteiger partial charge is 0.480 e. The van der Waals surface area contributed by atoms with Crippen LogP contribution in [0.1, 0.15) is 46.8 Å².